The molecule has 0 bridgehead atoms. The Hall–Kier alpha value is -1.66. The van der Waals surface area contributed by atoms with Gasteiger partial charge in [0.25, 0.3) is 5.91 Å². The lowest BCUT2D eigenvalue weighted by atomic mass is 10.2. The van der Waals surface area contributed by atoms with E-state index < -0.39 is 5.97 Å². The summed E-state index contributed by atoms with van der Waals surface area (Å²) in [6.07, 6.45) is 1.53. The fourth-order valence-corrected chi connectivity index (χ4v) is 2.91. The van der Waals surface area contributed by atoms with E-state index in [1.165, 1.54) is 16.7 Å². The highest BCUT2D eigenvalue weighted by molar-refractivity contribution is 8.26. The highest BCUT2D eigenvalue weighted by Gasteiger charge is 2.31. The summed E-state index contributed by atoms with van der Waals surface area (Å²) >= 11 is 6.26. The monoisotopic (exact) mass is 292 g/mol. The van der Waals surface area contributed by atoms with Crippen molar-refractivity contribution in [2.75, 3.05) is 6.54 Å². The first kappa shape index (κ1) is 13.8. The lowest BCUT2D eigenvalue weighted by Gasteiger charge is -2.14. The second-order valence-corrected chi connectivity index (χ2v) is 5.54. The van der Waals surface area contributed by atoms with Crippen molar-refractivity contribution in [2.24, 2.45) is 0 Å². The molecule has 98 valence electrons. The first-order valence-electron chi connectivity index (χ1n) is 5.58. The summed E-state index contributed by atoms with van der Waals surface area (Å²) in [5.74, 6) is -1.44. The molecule has 4 nitrogen and oxygen atoms in total. The Kier molecular flexibility index (Phi) is 4.34. The number of nitrogens with zero attached hydrogens (tertiary/aromatic N) is 1. The van der Waals surface area contributed by atoms with Crippen molar-refractivity contribution < 1.29 is 14.7 Å². The molecule has 1 aliphatic rings. The maximum atomic E-state index is 12.1. The van der Waals surface area contributed by atoms with Gasteiger partial charge in [-0.25, -0.2) is 0 Å². The molecule has 0 radical (unpaired) electrons. The number of aliphatic carboxylic acids is 1. The summed E-state index contributed by atoms with van der Waals surface area (Å²) in [4.78, 5) is 24.3. The molecule has 0 aliphatic carbocycles. The van der Waals surface area contributed by atoms with E-state index in [4.69, 9.17) is 12.2 Å². The van der Waals surface area contributed by atoms with Crippen molar-refractivity contribution in [1.29, 1.82) is 0 Å². The van der Waals surface area contributed by atoms with Gasteiger partial charge in [0, 0.05) is 18.9 Å². The third-order valence-corrected chi connectivity index (χ3v) is 3.89. The van der Waals surface area contributed by atoms with Crippen LogP contribution in [0.25, 0.3) is 6.08 Å². The van der Waals surface area contributed by atoms with Gasteiger partial charge in [0.2, 0.25) is 0 Å². The van der Waals surface area contributed by atoms with E-state index in [1.807, 2.05) is 30.3 Å². The molecule has 1 amide bonds. The standard InChI is InChI=1S/C13H11NO3S2/c15-11(16)6-7-14-12(17)10(19-13(14)18)8-9-4-2-1-3-5-9/h1-5,8H,6-7H2,(H,15,16)/p-1. The highest BCUT2D eigenvalue weighted by atomic mass is 32.2. The summed E-state index contributed by atoms with van der Waals surface area (Å²) in [6.45, 7) is 0.0547. The molecule has 1 aliphatic heterocycles. The number of benzene rings is 1. The molecule has 0 N–H and O–H groups in total. The normalized spacial score (nSPS) is 17.3. The zero-order valence-corrected chi connectivity index (χ0v) is 11.5. The Morgan fingerprint density at radius 1 is 1.37 bits per heavy atom. The number of rotatable bonds is 4. The van der Waals surface area contributed by atoms with Crippen LogP contribution in [0.5, 0.6) is 0 Å². The van der Waals surface area contributed by atoms with Crippen LogP contribution >= 0.6 is 24.0 Å². The van der Waals surface area contributed by atoms with Crippen molar-refractivity contribution >= 4 is 46.3 Å². The SMILES string of the molecule is O=C([O-])CCN1C(=O)C(=Cc2ccccc2)SC1=S. The Bertz CT molecular complexity index is 554. The fourth-order valence-electron chi connectivity index (χ4n) is 1.60. The van der Waals surface area contributed by atoms with Crippen molar-refractivity contribution in [3.63, 3.8) is 0 Å². The third-order valence-electron chi connectivity index (χ3n) is 2.51. The molecule has 1 aromatic rings. The number of carboxylic acid groups (broad SMARTS) is 1. The average Bonchev–Trinajstić information content (AvgIpc) is 2.63. The Labute approximate surface area is 120 Å². The van der Waals surface area contributed by atoms with Crippen molar-refractivity contribution in [2.45, 2.75) is 6.42 Å². The molecule has 6 heteroatoms. The van der Waals surface area contributed by atoms with Crippen molar-refractivity contribution in [1.82, 2.24) is 4.90 Å². The van der Waals surface area contributed by atoms with E-state index in [0.717, 1.165) is 5.56 Å². The number of thiocarbonyl (C=S) groups is 1. The van der Waals surface area contributed by atoms with Crippen LogP contribution in [-0.4, -0.2) is 27.6 Å². The zero-order chi connectivity index (χ0) is 13.8. The number of hydrogen-bond acceptors (Lipinski definition) is 5. The van der Waals surface area contributed by atoms with Gasteiger partial charge in [-0.2, -0.15) is 0 Å². The Balaban J connectivity index is 2.14. The minimum Gasteiger partial charge on any atom is -0.550 e. The smallest absolute Gasteiger partial charge is 0.266 e. The van der Waals surface area contributed by atoms with E-state index in [9.17, 15) is 14.7 Å². The van der Waals surface area contributed by atoms with Crippen LogP contribution < -0.4 is 5.11 Å². The lowest BCUT2D eigenvalue weighted by Crippen LogP contribution is -2.33. The van der Waals surface area contributed by atoms with Crippen LogP contribution in [0.15, 0.2) is 35.2 Å². The van der Waals surface area contributed by atoms with Gasteiger partial charge in [0.1, 0.15) is 4.32 Å². The molecular formula is C13H10NO3S2-. The second-order valence-electron chi connectivity index (χ2n) is 3.87. The number of thioether (sulfide) groups is 1. The van der Waals surface area contributed by atoms with Gasteiger partial charge in [-0.3, -0.25) is 9.69 Å². The summed E-state index contributed by atoms with van der Waals surface area (Å²) in [7, 11) is 0. The largest absolute Gasteiger partial charge is 0.550 e. The van der Waals surface area contributed by atoms with Gasteiger partial charge >= 0.3 is 0 Å². The summed E-state index contributed by atoms with van der Waals surface area (Å²) < 4.78 is 0.383. The fraction of sp³-hybridized carbons (Fsp3) is 0.154. The van der Waals surface area contributed by atoms with E-state index in [1.54, 1.807) is 6.08 Å². The number of amides is 1. The van der Waals surface area contributed by atoms with Gasteiger partial charge in [0.05, 0.1) is 4.91 Å². The van der Waals surface area contributed by atoms with Crippen molar-refractivity contribution in [3.05, 3.63) is 40.8 Å². The molecule has 0 aromatic heterocycles. The minimum atomic E-state index is -1.19. The molecular weight excluding hydrogens is 282 g/mol. The Morgan fingerprint density at radius 3 is 2.68 bits per heavy atom. The van der Waals surface area contributed by atoms with Gasteiger partial charge in [-0.15, -0.1) is 0 Å². The molecule has 1 heterocycles. The summed E-state index contributed by atoms with van der Waals surface area (Å²) in [5.41, 5.74) is 0.905. The number of hydrogen-bond donors (Lipinski definition) is 0. The molecule has 2 rings (SSSR count). The summed E-state index contributed by atoms with van der Waals surface area (Å²) in [5, 5.41) is 10.4. The predicted octanol–water partition coefficient (Wildman–Crippen LogP) is 1.03. The molecule has 0 saturated carbocycles. The van der Waals surface area contributed by atoms with E-state index in [0.29, 0.717) is 9.23 Å². The molecule has 0 atom stereocenters. The maximum absolute atomic E-state index is 12.1. The van der Waals surface area contributed by atoms with Crippen molar-refractivity contribution in [3.8, 4) is 0 Å². The van der Waals surface area contributed by atoms with E-state index in [-0.39, 0.29) is 18.9 Å². The van der Waals surface area contributed by atoms with Crippen LogP contribution in [-0.2, 0) is 9.59 Å². The molecule has 1 fully saturated rings. The first-order chi connectivity index (χ1) is 9.08. The van der Waals surface area contributed by atoms with Crippen LogP contribution in [0.2, 0.25) is 0 Å². The summed E-state index contributed by atoms with van der Waals surface area (Å²) in [6, 6.07) is 9.41. The average molecular weight is 292 g/mol. The zero-order valence-electron chi connectivity index (χ0n) is 9.87. The van der Waals surface area contributed by atoms with Gasteiger partial charge in [0.15, 0.2) is 0 Å². The maximum Gasteiger partial charge on any atom is 0.266 e. The number of carbonyl (C=O) groups excluding carboxylic acids is 2. The molecule has 19 heavy (non-hydrogen) atoms. The first-order valence-corrected chi connectivity index (χ1v) is 6.80. The quantitative estimate of drug-likeness (QED) is 0.613. The molecule has 0 unspecified atom stereocenters. The third kappa shape index (κ3) is 3.42. The predicted molar refractivity (Wildman–Crippen MR) is 75.9 cm³/mol. The second kappa shape index (κ2) is 5.99. The van der Waals surface area contributed by atoms with E-state index in [2.05, 4.69) is 0 Å². The van der Waals surface area contributed by atoms with Gasteiger partial charge in [-0.1, -0.05) is 54.3 Å². The molecule has 1 saturated heterocycles. The van der Waals surface area contributed by atoms with Crippen LogP contribution in [0.1, 0.15) is 12.0 Å². The topological polar surface area (TPSA) is 60.4 Å². The molecule has 1 aromatic carbocycles. The lowest BCUT2D eigenvalue weighted by molar-refractivity contribution is -0.305. The van der Waals surface area contributed by atoms with Gasteiger partial charge < -0.3 is 9.90 Å². The van der Waals surface area contributed by atoms with Gasteiger partial charge in [-0.05, 0) is 11.6 Å². The minimum absolute atomic E-state index is 0.0547. The number of carbonyl (C=O) groups is 2. The highest BCUT2D eigenvalue weighted by Crippen LogP contribution is 2.32. The van der Waals surface area contributed by atoms with E-state index >= 15 is 0 Å². The number of carboxylic acids is 1. The van der Waals surface area contributed by atoms with Crippen LogP contribution in [0, 0.1) is 0 Å². The Morgan fingerprint density at radius 2 is 2.05 bits per heavy atom. The van der Waals surface area contributed by atoms with Crippen LogP contribution in [0.4, 0.5) is 0 Å². The van der Waals surface area contributed by atoms with Crippen LogP contribution in [0.3, 0.4) is 0 Å². The molecule has 0 spiro atoms.